The first-order valence-electron chi connectivity index (χ1n) is 14.3. The standard InChI is InChI=1S/C32H31F4N5O2/c1-41-12-8-22(9-13-41)21-4-2-20(3-5-21)14-28-37-18-25(19-38-28)23-6-7-24(26(33)15-23)16-30(42)39-29-17-27(43-40-29)31(10-11-31)32(34,35)36/h2-7,15,17-19,22H,8-14,16H2,1H3,(H,39,40,42). The smallest absolute Gasteiger partial charge is 0.358 e. The minimum atomic E-state index is -4.46. The Bertz CT molecular complexity index is 1590. The van der Waals surface area contributed by atoms with Gasteiger partial charge in [0.1, 0.15) is 17.1 Å². The molecule has 1 aliphatic carbocycles. The van der Waals surface area contributed by atoms with Gasteiger partial charge in [-0.2, -0.15) is 13.2 Å². The topological polar surface area (TPSA) is 84.2 Å². The van der Waals surface area contributed by atoms with E-state index in [1.165, 1.54) is 30.5 Å². The van der Waals surface area contributed by atoms with Crippen molar-refractivity contribution in [1.29, 1.82) is 0 Å². The van der Waals surface area contributed by atoms with Gasteiger partial charge in [-0.3, -0.25) is 4.79 Å². The molecule has 0 radical (unpaired) electrons. The fourth-order valence-corrected chi connectivity index (χ4v) is 5.61. The molecule has 2 aromatic heterocycles. The molecule has 0 bridgehead atoms. The Balaban J connectivity index is 1.04. The number of nitrogens with one attached hydrogen (secondary N) is 1. The molecule has 43 heavy (non-hydrogen) atoms. The number of anilines is 1. The normalized spacial score (nSPS) is 17.1. The van der Waals surface area contributed by atoms with E-state index in [1.54, 1.807) is 18.5 Å². The molecular formula is C32H31F4N5O2. The Morgan fingerprint density at radius 1 is 1.02 bits per heavy atom. The molecule has 2 fully saturated rings. The lowest BCUT2D eigenvalue weighted by atomic mass is 9.89. The van der Waals surface area contributed by atoms with Crippen molar-refractivity contribution < 1.29 is 26.9 Å². The number of aromatic nitrogens is 3. The van der Waals surface area contributed by atoms with Crippen molar-refractivity contribution in [2.45, 2.75) is 56.0 Å². The summed E-state index contributed by atoms with van der Waals surface area (Å²) in [5.41, 5.74) is 1.76. The van der Waals surface area contributed by atoms with E-state index >= 15 is 0 Å². The summed E-state index contributed by atoms with van der Waals surface area (Å²) in [4.78, 5) is 23.8. The van der Waals surface area contributed by atoms with Gasteiger partial charge in [0.2, 0.25) is 5.91 Å². The van der Waals surface area contributed by atoms with E-state index in [9.17, 15) is 22.4 Å². The maximum atomic E-state index is 14.9. The van der Waals surface area contributed by atoms with E-state index in [0.717, 1.165) is 24.7 Å². The van der Waals surface area contributed by atoms with E-state index < -0.39 is 23.3 Å². The Kier molecular flexibility index (Phi) is 7.76. The summed E-state index contributed by atoms with van der Waals surface area (Å²) in [6.45, 7) is 2.24. The maximum Gasteiger partial charge on any atom is 0.401 e. The SMILES string of the molecule is CN1CCC(c2ccc(Cc3ncc(-c4ccc(CC(=O)Nc5cc(C6(C(F)(F)F)CC6)on5)c(F)c4)cn3)cc2)CC1. The van der Waals surface area contributed by atoms with Gasteiger partial charge in [0, 0.05) is 30.4 Å². The maximum absolute atomic E-state index is 14.9. The third-order valence-electron chi connectivity index (χ3n) is 8.52. The van der Waals surface area contributed by atoms with Crippen molar-refractivity contribution in [2.24, 2.45) is 0 Å². The zero-order chi connectivity index (χ0) is 30.2. The van der Waals surface area contributed by atoms with Gasteiger partial charge in [0.05, 0.1) is 6.42 Å². The number of hydrogen-bond donors (Lipinski definition) is 1. The average molecular weight is 594 g/mol. The van der Waals surface area contributed by atoms with Crippen molar-refractivity contribution in [3.8, 4) is 11.1 Å². The van der Waals surface area contributed by atoms with E-state index in [1.807, 2.05) is 0 Å². The van der Waals surface area contributed by atoms with Gasteiger partial charge in [-0.15, -0.1) is 0 Å². The van der Waals surface area contributed by atoms with Crippen LogP contribution in [-0.4, -0.2) is 52.2 Å². The molecule has 3 heterocycles. The molecule has 1 aliphatic heterocycles. The first-order valence-corrected chi connectivity index (χ1v) is 14.3. The van der Waals surface area contributed by atoms with Crippen molar-refractivity contribution in [3.05, 3.63) is 95.0 Å². The van der Waals surface area contributed by atoms with Gasteiger partial charge in [-0.25, -0.2) is 14.4 Å². The molecule has 2 aromatic carbocycles. The van der Waals surface area contributed by atoms with Crippen LogP contribution in [-0.2, 0) is 23.1 Å². The average Bonchev–Trinajstić information content (AvgIpc) is 3.69. The molecule has 1 saturated heterocycles. The summed E-state index contributed by atoms with van der Waals surface area (Å²) in [6, 6.07) is 14.2. The predicted molar refractivity (Wildman–Crippen MR) is 152 cm³/mol. The summed E-state index contributed by atoms with van der Waals surface area (Å²) in [6.07, 6.45) is 1.27. The third-order valence-corrected chi connectivity index (χ3v) is 8.52. The lowest BCUT2D eigenvalue weighted by Gasteiger charge is -2.29. The van der Waals surface area contributed by atoms with Crippen LogP contribution >= 0.6 is 0 Å². The van der Waals surface area contributed by atoms with E-state index in [2.05, 4.69) is 56.7 Å². The number of alkyl halides is 3. The summed E-state index contributed by atoms with van der Waals surface area (Å²) in [7, 11) is 2.16. The second kappa shape index (κ2) is 11.5. The number of likely N-dealkylation sites (tertiary alicyclic amines) is 1. The second-order valence-corrected chi connectivity index (χ2v) is 11.6. The van der Waals surface area contributed by atoms with Gasteiger partial charge in [0.25, 0.3) is 0 Å². The highest BCUT2D eigenvalue weighted by Gasteiger charge is 2.66. The number of carbonyl (C=O) groups excluding carboxylic acids is 1. The molecule has 6 rings (SSSR count). The van der Waals surface area contributed by atoms with Crippen LogP contribution < -0.4 is 5.32 Å². The van der Waals surface area contributed by atoms with Crippen molar-refractivity contribution in [2.75, 3.05) is 25.5 Å². The molecule has 11 heteroatoms. The lowest BCUT2D eigenvalue weighted by molar-refractivity contribution is -0.165. The molecule has 1 amide bonds. The van der Waals surface area contributed by atoms with E-state index in [-0.39, 0.29) is 36.4 Å². The largest absolute Gasteiger partial charge is 0.401 e. The second-order valence-electron chi connectivity index (χ2n) is 11.6. The summed E-state index contributed by atoms with van der Waals surface area (Å²) >= 11 is 0. The number of carbonyl (C=O) groups is 1. The number of halogens is 4. The number of rotatable bonds is 8. The number of benzene rings is 2. The Morgan fingerprint density at radius 2 is 1.72 bits per heavy atom. The van der Waals surface area contributed by atoms with Crippen LogP contribution in [0.15, 0.2) is 65.4 Å². The van der Waals surface area contributed by atoms with Gasteiger partial charge < -0.3 is 14.7 Å². The van der Waals surface area contributed by atoms with Gasteiger partial charge >= 0.3 is 6.18 Å². The van der Waals surface area contributed by atoms with Gasteiger partial charge in [0.15, 0.2) is 11.6 Å². The van der Waals surface area contributed by atoms with Crippen LogP contribution in [0.3, 0.4) is 0 Å². The molecule has 2 aliphatic rings. The van der Waals surface area contributed by atoms with Crippen molar-refractivity contribution in [1.82, 2.24) is 20.0 Å². The van der Waals surface area contributed by atoms with Crippen molar-refractivity contribution >= 4 is 11.7 Å². The number of nitrogens with zero attached hydrogens (tertiary/aromatic N) is 4. The van der Waals surface area contributed by atoms with Crippen LogP contribution in [0, 0.1) is 5.82 Å². The van der Waals surface area contributed by atoms with Crippen LogP contribution in [0.5, 0.6) is 0 Å². The minimum Gasteiger partial charge on any atom is -0.358 e. The fourth-order valence-electron chi connectivity index (χ4n) is 5.61. The minimum absolute atomic E-state index is 0.0863. The summed E-state index contributed by atoms with van der Waals surface area (Å²) < 4.78 is 59.7. The molecule has 1 N–H and O–H groups in total. The van der Waals surface area contributed by atoms with Crippen LogP contribution in [0.25, 0.3) is 11.1 Å². The monoisotopic (exact) mass is 593 g/mol. The van der Waals surface area contributed by atoms with Crippen molar-refractivity contribution in [3.63, 3.8) is 0 Å². The van der Waals surface area contributed by atoms with E-state index in [0.29, 0.717) is 29.3 Å². The third kappa shape index (κ3) is 6.31. The molecule has 0 unspecified atom stereocenters. The summed E-state index contributed by atoms with van der Waals surface area (Å²) in [5.74, 6) is -0.446. The highest BCUT2D eigenvalue weighted by Crippen LogP contribution is 2.59. The predicted octanol–water partition coefficient (Wildman–Crippen LogP) is 6.45. The Morgan fingerprint density at radius 3 is 2.35 bits per heavy atom. The van der Waals surface area contributed by atoms with Gasteiger partial charge in [-0.05, 0) is 80.1 Å². The number of amides is 1. The van der Waals surface area contributed by atoms with Crippen LogP contribution in [0.2, 0.25) is 0 Å². The first kappa shape index (κ1) is 29.0. The molecule has 224 valence electrons. The molecule has 0 spiro atoms. The quantitative estimate of drug-likeness (QED) is 0.237. The number of piperidine rings is 1. The summed E-state index contributed by atoms with van der Waals surface area (Å²) in [5, 5.41) is 5.92. The van der Waals surface area contributed by atoms with Crippen LogP contribution in [0.1, 0.15) is 59.9 Å². The first-order chi connectivity index (χ1) is 20.6. The molecule has 7 nitrogen and oxygen atoms in total. The van der Waals surface area contributed by atoms with Crippen LogP contribution in [0.4, 0.5) is 23.4 Å². The zero-order valence-corrected chi connectivity index (χ0v) is 23.6. The molecule has 0 atom stereocenters. The molecular weight excluding hydrogens is 562 g/mol. The fraction of sp³-hybridized carbons (Fsp3) is 0.375. The Hall–Kier alpha value is -4.12. The highest BCUT2D eigenvalue weighted by atomic mass is 19.4. The highest BCUT2D eigenvalue weighted by molar-refractivity contribution is 5.91. The molecule has 4 aromatic rings. The Labute approximate surface area is 246 Å². The zero-order valence-electron chi connectivity index (χ0n) is 23.6. The van der Waals surface area contributed by atoms with E-state index in [4.69, 9.17) is 4.52 Å². The number of hydrogen-bond acceptors (Lipinski definition) is 6. The lowest BCUT2D eigenvalue weighted by Crippen LogP contribution is -2.29. The molecule has 1 saturated carbocycles. The van der Waals surface area contributed by atoms with Gasteiger partial charge in [-0.1, -0.05) is 41.6 Å².